The quantitative estimate of drug-likeness (QED) is 0.370. The lowest BCUT2D eigenvalue weighted by Gasteiger charge is -2.07. The van der Waals surface area contributed by atoms with Gasteiger partial charge in [-0.25, -0.2) is 15.2 Å². The third kappa shape index (κ3) is 1.76. The molecule has 0 radical (unpaired) electrons. The molecule has 0 fully saturated rings. The zero-order valence-corrected chi connectivity index (χ0v) is 6.49. The lowest BCUT2D eigenvalue weighted by atomic mass is 10.3. The molecule has 2 N–H and O–H groups in total. The van der Waals surface area contributed by atoms with Gasteiger partial charge in [0, 0.05) is 7.05 Å². The summed E-state index contributed by atoms with van der Waals surface area (Å²) in [5.41, 5.74) is 0.126. The third-order valence-corrected chi connectivity index (χ3v) is 1.27. The number of halogens is 1. The topological polar surface area (TPSA) is 59.2 Å². The first-order valence-electron chi connectivity index (χ1n) is 3.25. The molecule has 0 spiro atoms. The molecule has 0 saturated heterocycles. The van der Waals surface area contributed by atoms with E-state index in [1.54, 1.807) is 0 Å². The minimum absolute atomic E-state index is 0.126. The smallest absolute Gasteiger partial charge is 0.278 e. The molecule has 1 aromatic heterocycles. The average Bonchev–Trinajstić information content (AvgIpc) is 2.04. The number of nitrogens with two attached hydrogens (primary N) is 1. The Morgan fingerprint density at radius 3 is 2.75 bits per heavy atom. The second-order valence-corrected chi connectivity index (χ2v) is 2.28. The monoisotopic (exact) mass is 169 g/mol. The Morgan fingerprint density at radius 1 is 1.67 bits per heavy atom. The van der Waals surface area contributed by atoms with Crippen LogP contribution in [0.3, 0.4) is 0 Å². The van der Waals surface area contributed by atoms with Crippen molar-refractivity contribution < 1.29 is 9.18 Å². The number of hydrogen-bond acceptors (Lipinski definition) is 3. The average molecular weight is 169 g/mol. The molecule has 4 nitrogen and oxygen atoms in total. The number of nitrogens with zero attached hydrogens (tertiary/aromatic N) is 2. The van der Waals surface area contributed by atoms with Gasteiger partial charge >= 0.3 is 0 Å². The molecule has 0 atom stereocenters. The van der Waals surface area contributed by atoms with Crippen LogP contribution >= 0.6 is 0 Å². The van der Waals surface area contributed by atoms with Crippen LogP contribution in [0, 0.1) is 5.82 Å². The summed E-state index contributed by atoms with van der Waals surface area (Å²) in [5.74, 6) is 4.23. The molecule has 1 aromatic rings. The SMILES string of the molecule is CN(N)C(=O)c1ccc(F)cn1. The van der Waals surface area contributed by atoms with Crippen LogP contribution in [0.5, 0.6) is 0 Å². The van der Waals surface area contributed by atoms with Crippen molar-refractivity contribution >= 4 is 5.91 Å². The Labute approximate surface area is 68.8 Å². The molecular weight excluding hydrogens is 161 g/mol. The zero-order chi connectivity index (χ0) is 9.14. The van der Waals surface area contributed by atoms with Crippen LogP contribution in [-0.4, -0.2) is 22.9 Å². The molecule has 0 aliphatic carbocycles. The second kappa shape index (κ2) is 3.27. The summed E-state index contributed by atoms with van der Waals surface area (Å²) >= 11 is 0. The fraction of sp³-hybridized carbons (Fsp3) is 0.143. The largest absolute Gasteiger partial charge is 0.286 e. The molecule has 0 aliphatic rings. The van der Waals surface area contributed by atoms with E-state index in [0.29, 0.717) is 0 Å². The van der Waals surface area contributed by atoms with Crippen LogP contribution < -0.4 is 5.84 Å². The van der Waals surface area contributed by atoms with Gasteiger partial charge in [-0.15, -0.1) is 0 Å². The van der Waals surface area contributed by atoms with E-state index in [9.17, 15) is 9.18 Å². The van der Waals surface area contributed by atoms with Gasteiger partial charge in [-0.3, -0.25) is 9.80 Å². The van der Waals surface area contributed by atoms with Crippen LogP contribution in [-0.2, 0) is 0 Å². The molecule has 12 heavy (non-hydrogen) atoms. The van der Waals surface area contributed by atoms with Crippen molar-refractivity contribution in [3.05, 3.63) is 29.8 Å². The molecule has 1 rings (SSSR count). The number of hydrogen-bond donors (Lipinski definition) is 1. The maximum Gasteiger partial charge on any atom is 0.286 e. The van der Waals surface area contributed by atoms with Gasteiger partial charge in [-0.05, 0) is 12.1 Å². The van der Waals surface area contributed by atoms with Crippen LogP contribution in [0.15, 0.2) is 18.3 Å². The highest BCUT2D eigenvalue weighted by atomic mass is 19.1. The fourth-order valence-corrected chi connectivity index (χ4v) is 0.683. The van der Waals surface area contributed by atoms with E-state index in [0.717, 1.165) is 17.3 Å². The number of carbonyl (C=O) groups excluding carboxylic acids is 1. The number of carbonyl (C=O) groups is 1. The molecule has 1 amide bonds. The van der Waals surface area contributed by atoms with Gasteiger partial charge in [-0.2, -0.15) is 0 Å². The second-order valence-electron chi connectivity index (χ2n) is 2.28. The van der Waals surface area contributed by atoms with Crippen molar-refractivity contribution in [2.45, 2.75) is 0 Å². The maximum absolute atomic E-state index is 12.3. The van der Waals surface area contributed by atoms with Gasteiger partial charge in [0.1, 0.15) is 11.5 Å². The summed E-state index contributed by atoms with van der Waals surface area (Å²) in [4.78, 5) is 14.6. The van der Waals surface area contributed by atoms with E-state index in [1.165, 1.54) is 13.1 Å². The van der Waals surface area contributed by atoms with Crippen LogP contribution in [0.25, 0.3) is 0 Å². The van der Waals surface area contributed by atoms with Gasteiger partial charge in [-0.1, -0.05) is 0 Å². The molecule has 64 valence electrons. The Kier molecular flexibility index (Phi) is 2.35. The van der Waals surface area contributed by atoms with E-state index in [4.69, 9.17) is 5.84 Å². The maximum atomic E-state index is 12.3. The number of rotatable bonds is 1. The number of amides is 1. The highest BCUT2D eigenvalue weighted by molar-refractivity contribution is 5.91. The lowest BCUT2D eigenvalue weighted by molar-refractivity contribution is 0.0789. The Balaban J connectivity index is 2.90. The van der Waals surface area contributed by atoms with Gasteiger partial charge in [0.05, 0.1) is 6.20 Å². The van der Waals surface area contributed by atoms with Crippen molar-refractivity contribution in [1.82, 2.24) is 9.99 Å². The van der Waals surface area contributed by atoms with Gasteiger partial charge < -0.3 is 0 Å². The zero-order valence-electron chi connectivity index (χ0n) is 6.49. The Bertz CT molecular complexity index is 283. The summed E-state index contributed by atoms with van der Waals surface area (Å²) in [6, 6.07) is 2.44. The molecule has 0 bridgehead atoms. The number of aromatic nitrogens is 1. The molecule has 0 saturated carbocycles. The highest BCUT2D eigenvalue weighted by Gasteiger charge is 2.08. The molecule has 1 heterocycles. The van der Waals surface area contributed by atoms with Crippen molar-refractivity contribution in [2.75, 3.05) is 7.05 Å². The number of pyridine rings is 1. The fourth-order valence-electron chi connectivity index (χ4n) is 0.683. The van der Waals surface area contributed by atoms with Gasteiger partial charge in [0.2, 0.25) is 0 Å². The van der Waals surface area contributed by atoms with Crippen molar-refractivity contribution in [3.8, 4) is 0 Å². The predicted molar refractivity (Wildman–Crippen MR) is 40.5 cm³/mol. The summed E-state index contributed by atoms with van der Waals surface area (Å²) in [5, 5.41) is 0.889. The summed E-state index contributed by atoms with van der Waals surface area (Å²) in [6.45, 7) is 0. The van der Waals surface area contributed by atoms with E-state index in [1.807, 2.05) is 0 Å². The van der Waals surface area contributed by atoms with E-state index in [-0.39, 0.29) is 5.69 Å². The van der Waals surface area contributed by atoms with Crippen molar-refractivity contribution in [2.24, 2.45) is 5.84 Å². The third-order valence-electron chi connectivity index (χ3n) is 1.27. The van der Waals surface area contributed by atoms with Crippen molar-refractivity contribution in [1.29, 1.82) is 0 Å². The summed E-state index contributed by atoms with van der Waals surface area (Å²) in [6.07, 6.45) is 0.969. The first kappa shape index (κ1) is 8.61. The normalized spacial score (nSPS) is 9.58. The Morgan fingerprint density at radius 2 is 2.33 bits per heavy atom. The minimum atomic E-state index is -0.480. The Hall–Kier alpha value is -1.49. The van der Waals surface area contributed by atoms with Gasteiger partial charge in [0.15, 0.2) is 0 Å². The number of hydrazine groups is 1. The van der Waals surface area contributed by atoms with Crippen LogP contribution in [0.4, 0.5) is 4.39 Å². The lowest BCUT2D eigenvalue weighted by Crippen LogP contribution is -2.33. The summed E-state index contributed by atoms with van der Waals surface area (Å²) in [7, 11) is 1.40. The first-order chi connectivity index (χ1) is 5.61. The molecule has 5 heteroatoms. The van der Waals surface area contributed by atoms with Crippen LogP contribution in [0.1, 0.15) is 10.5 Å². The van der Waals surface area contributed by atoms with E-state index >= 15 is 0 Å². The van der Waals surface area contributed by atoms with Crippen molar-refractivity contribution in [3.63, 3.8) is 0 Å². The molecular formula is C7H8FN3O. The van der Waals surface area contributed by atoms with E-state index < -0.39 is 11.7 Å². The molecule has 0 aromatic carbocycles. The highest BCUT2D eigenvalue weighted by Crippen LogP contribution is 1.99. The predicted octanol–water partition coefficient (Wildman–Crippen LogP) is 0.166. The van der Waals surface area contributed by atoms with Gasteiger partial charge in [0.25, 0.3) is 5.91 Å². The van der Waals surface area contributed by atoms with Crippen LogP contribution in [0.2, 0.25) is 0 Å². The van der Waals surface area contributed by atoms with E-state index in [2.05, 4.69) is 4.98 Å². The molecule has 0 unspecified atom stereocenters. The summed E-state index contributed by atoms with van der Waals surface area (Å²) < 4.78 is 12.3. The standard InChI is InChI=1S/C7H8FN3O/c1-11(9)7(12)6-3-2-5(8)4-10-6/h2-4H,9H2,1H3. The first-order valence-corrected chi connectivity index (χ1v) is 3.25. The molecule has 0 aliphatic heterocycles. The minimum Gasteiger partial charge on any atom is -0.278 e.